The van der Waals surface area contributed by atoms with Crippen molar-refractivity contribution in [2.24, 2.45) is 5.73 Å². The molecule has 1 atom stereocenters. The van der Waals surface area contributed by atoms with E-state index in [1.807, 2.05) is 55.5 Å². The van der Waals surface area contributed by atoms with Gasteiger partial charge in [0.05, 0.1) is 16.6 Å². The average Bonchev–Trinajstić information content (AvgIpc) is 2.62. The van der Waals surface area contributed by atoms with E-state index < -0.39 is 11.9 Å². The molecule has 2 amide bonds. The fourth-order valence-corrected chi connectivity index (χ4v) is 3.01. The average molecular weight is 335 g/mol. The van der Waals surface area contributed by atoms with Crippen LogP contribution >= 0.6 is 0 Å². The van der Waals surface area contributed by atoms with Crippen molar-refractivity contribution in [1.82, 2.24) is 10.3 Å². The highest BCUT2D eigenvalue weighted by Crippen LogP contribution is 2.26. The number of nitrogens with two attached hydrogens (primary N) is 1. The van der Waals surface area contributed by atoms with Crippen molar-refractivity contribution in [2.45, 2.75) is 32.2 Å². The molecule has 0 spiro atoms. The zero-order valence-electron chi connectivity index (χ0n) is 14.2. The molecular formula is C20H21N3O2. The first kappa shape index (κ1) is 16.9. The van der Waals surface area contributed by atoms with Crippen molar-refractivity contribution in [3.63, 3.8) is 0 Å². The highest BCUT2D eigenvalue weighted by Gasteiger charge is 2.21. The summed E-state index contributed by atoms with van der Waals surface area (Å²) in [6.07, 6.45) is 2.30. The SMILES string of the molecule is CCCC[C@@H](NC(=O)c1c2ccccc2nc2ccccc12)C(N)=O. The fourth-order valence-electron chi connectivity index (χ4n) is 3.01. The molecule has 0 saturated carbocycles. The second-order valence-corrected chi connectivity index (χ2v) is 6.09. The van der Waals surface area contributed by atoms with Crippen LogP contribution < -0.4 is 11.1 Å². The molecule has 3 rings (SSSR count). The Kier molecular flexibility index (Phi) is 4.93. The minimum atomic E-state index is -0.668. The van der Waals surface area contributed by atoms with Crippen molar-refractivity contribution >= 4 is 33.6 Å². The summed E-state index contributed by atoms with van der Waals surface area (Å²) in [7, 11) is 0. The van der Waals surface area contributed by atoms with Gasteiger partial charge in [-0.25, -0.2) is 4.98 Å². The van der Waals surface area contributed by atoms with E-state index in [2.05, 4.69) is 10.3 Å². The number of carbonyl (C=O) groups excluding carboxylic acids is 2. The van der Waals surface area contributed by atoms with Crippen molar-refractivity contribution in [3.8, 4) is 0 Å². The third kappa shape index (κ3) is 3.45. The Morgan fingerprint density at radius 2 is 1.60 bits per heavy atom. The summed E-state index contributed by atoms with van der Waals surface area (Å²) < 4.78 is 0. The Morgan fingerprint density at radius 3 is 2.12 bits per heavy atom. The zero-order valence-corrected chi connectivity index (χ0v) is 14.2. The molecule has 2 aromatic carbocycles. The number of rotatable bonds is 6. The highest BCUT2D eigenvalue weighted by atomic mass is 16.2. The topological polar surface area (TPSA) is 85.1 Å². The number of nitrogens with zero attached hydrogens (tertiary/aromatic N) is 1. The Bertz CT molecular complexity index is 883. The summed E-state index contributed by atoms with van der Waals surface area (Å²) in [6.45, 7) is 2.03. The first-order valence-electron chi connectivity index (χ1n) is 8.49. The quantitative estimate of drug-likeness (QED) is 0.679. The van der Waals surface area contributed by atoms with Crippen LogP contribution in [0.3, 0.4) is 0 Å². The van der Waals surface area contributed by atoms with Crippen LogP contribution in [0.2, 0.25) is 0 Å². The lowest BCUT2D eigenvalue weighted by Crippen LogP contribution is -2.44. The Balaban J connectivity index is 2.08. The van der Waals surface area contributed by atoms with Crippen molar-refractivity contribution < 1.29 is 9.59 Å². The van der Waals surface area contributed by atoms with Gasteiger partial charge in [0.2, 0.25) is 5.91 Å². The minimum absolute atomic E-state index is 0.297. The minimum Gasteiger partial charge on any atom is -0.368 e. The third-order valence-electron chi connectivity index (χ3n) is 4.31. The van der Waals surface area contributed by atoms with Crippen LogP contribution in [0.25, 0.3) is 21.8 Å². The third-order valence-corrected chi connectivity index (χ3v) is 4.31. The molecule has 0 radical (unpaired) electrons. The van der Waals surface area contributed by atoms with Crippen molar-refractivity contribution in [1.29, 1.82) is 0 Å². The predicted octanol–water partition coefficient (Wildman–Crippen LogP) is 3.16. The summed E-state index contributed by atoms with van der Waals surface area (Å²) in [5.41, 5.74) is 7.49. The van der Waals surface area contributed by atoms with E-state index >= 15 is 0 Å². The molecule has 0 aliphatic heterocycles. The fraction of sp³-hybridized carbons (Fsp3) is 0.250. The van der Waals surface area contributed by atoms with Gasteiger partial charge in [0.25, 0.3) is 5.91 Å². The van der Waals surface area contributed by atoms with Gasteiger partial charge in [-0.1, -0.05) is 56.2 Å². The monoisotopic (exact) mass is 335 g/mol. The molecule has 3 aromatic rings. The molecule has 1 heterocycles. The van der Waals surface area contributed by atoms with Gasteiger partial charge in [-0.2, -0.15) is 0 Å². The molecule has 0 unspecified atom stereocenters. The number of unbranched alkanes of at least 4 members (excludes halogenated alkanes) is 1. The number of amides is 2. The van der Waals surface area contributed by atoms with Gasteiger partial charge in [-0.15, -0.1) is 0 Å². The zero-order chi connectivity index (χ0) is 17.8. The van der Waals surface area contributed by atoms with Gasteiger partial charge < -0.3 is 11.1 Å². The number of nitrogens with one attached hydrogen (secondary N) is 1. The van der Waals surface area contributed by atoms with Gasteiger partial charge in [-0.3, -0.25) is 9.59 Å². The number of pyridine rings is 1. The number of para-hydroxylation sites is 2. The van der Waals surface area contributed by atoms with Gasteiger partial charge in [0.1, 0.15) is 6.04 Å². The largest absolute Gasteiger partial charge is 0.368 e. The summed E-state index contributed by atoms with van der Waals surface area (Å²) >= 11 is 0. The first-order valence-corrected chi connectivity index (χ1v) is 8.49. The van der Waals surface area contributed by atoms with E-state index in [9.17, 15) is 9.59 Å². The molecule has 128 valence electrons. The lowest BCUT2D eigenvalue weighted by molar-refractivity contribution is -0.120. The van der Waals surface area contributed by atoms with E-state index in [1.165, 1.54) is 0 Å². The van der Waals surface area contributed by atoms with Crippen LogP contribution in [-0.2, 0) is 4.79 Å². The van der Waals surface area contributed by atoms with Crippen LogP contribution in [0.5, 0.6) is 0 Å². The maximum absolute atomic E-state index is 13.0. The molecule has 5 heteroatoms. The second kappa shape index (κ2) is 7.30. The number of aromatic nitrogens is 1. The number of hydrogen-bond donors (Lipinski definition) is 2. The molecule has 1 aromatic heterocycles. The molecule has 0 bridgehead atoms. The maximum Gasteiger partial charge on any atom is 0.253 e. The van der Waals surface area contributed by atoms with Crippen molar-refractivity contribution in [2.75, 3.05) is 0 Å². The Hall–Kier alpha value is -2.95. The first-order chi connectivity index (χ1) is 12.1. The number of primary amides is 1. The lowest BCUT2D eigenvalue weighted by Gasteiger charge is -2.17. The van der Waals surface area contributed by atoms with E-state index in [0.29, 0.717) is 12.0 Å². The van der Waals surface area contributed by atoms with Crippen LogP contribution in [0.1, 0.15) is 36.5 Å². The number of benzene rings is 2. The smallest absolute Gasteiger partial charge is 0.253 e. The molecule has 0 aliphatic carbocycles. The molecule has 0 fully saturated rings. The molecule has 5 nitrogen and oxygen atoms in total. The Morgan fingerprint density at radius 1 is 1.04 bits per heavy atom. The summed E-state index contributed by atoms with van der Waals surface area (Å²) in [4.78, 5) is 29.3. The molecule has 0 saturated heterocycles. The highest BCUT2D eigenvalue weighted by molar-refractivity contribution is 6.16. The van der Waals surface area contributed by atoms with Gasteiger partial charge >= 0.3 is 0 Å². The normalized spacial score (nSPS) is 12.2. The molecule has 0 aliphatic rings. The Labute approximate surface area is 146 Å². The number of carbonyl (C=O) groups is 2. The summed E-state index contributed by atoms with van der Waals surface area (Å²) in [5.74, 6) is -0.806. The van der Waals surface area contributed by atoms with E-state index in [-0.39, 0.29) is 5.91 Å². The molecule has 3 N–H and O–H groups in total. The van der Waals surface area contributed by atoms with Crippen LogP contribution in [0.15, 0.2) is 48.5 Å². The van der Waals surface area contributed by atoms with Crippen LogP contribution in [0.4, 0.5) is 0 Å². The van der Waals surface area contributed by atoms with E-state index in [1.54, 1.807) is 0 Å². The molecular weight excluding hydrogens is 314 g/mol. The van der Waals surface area contributed by atoms with Gasteiger partial charge in [0, 0.05) is 10.8 Å². The van der Waals surface area contributed by atoms with E-state index in [4.69, 9.17) is 5.73 Å². The van der Waals surface area contributed by atoms with E-state index in [0.717, 1.165) is 34.6 Å². The number of hydrogen-bond acceptors (Lipinski definition) is 3. The summed E-state index contributed by atoms with van der Waals surface area (Å²) in [6, 6.07) is 14.3. The molecule has 25 heavy (non-hydrogen) atoms. The number of fused-ring (bicyclic) bond motifs is 2. The maximum atomic E-state index is 13.0. The van der Waals surface area contributed by atoms with Crippen molar-refractivity contribution in [3.05, 3.63) is 54.1 Å². The predicted molar refractivity (Wildman–Crippen MR) is 99.2 cm³/mol. The second-order valence-electron chi connectivity index (χ2n) is 6.09. The standard InChI is InChI=1S/C20H21N3O2/c1-2-3-10-17(19(21)24)23-20(25)18-13-8-4-6-11-15(13)22-16-12-7-5-9-14(16)18/h4-9,11-12,17H,2-3,10H2,1H3,(H2,21,24)(H,23,25)/t17-/m1/s1. The van der Waals surface area contributed by atoms with Crippen LogP contribution in [-0.4, -0.2) is 22.8 Å². The van der Waals surface area contributed by atoms with Crippen LogP contribution in [0, 0.1) is 0 Å². The lowest BCUT2D eigenvalue weighted by atomic mass is 10.0. The van der Waals surface area contributed by atoms with Gasteiger partial charge in [-0.05, 0) is 18.6 Å². The van der Waals surface area contributed by atoms with Gasteiger partial charge in [0.15, 0.2) is 0 Å². The summed E-state index contributed by atoms with van der Waals surface area (Å²) in [5, 5.41) is 4.33.